The molecular formula is C26H26N4O2S2. The molecule has 0 radical (unpaired) electrons. The third-order valence-corrected chi connectivity index (χ3v) is 7.11. The fourth-order valence-corrected chi connectivity index (χ4v) is 5.14. The van der Waals surface area contributed by atoms with Crippen LogP contribution in [-0.2, 0) is 0 Å². The lowest BCUT2D eigenvalue weighted by molar-refractivity contribution is 0.286. The van der Waals surface area contributed by atoms with Crippen molar-refractivity contribution < 1.29 is 9.47 Å². The van der Waals surface area contributed by atoms with Gasteiger partial charge in [0, 0.05) is 34.6 Å². The van der Waals surface area contributed by atoms with E-state index in [1.54, 1.807) is 24.8 Å². The maximum atomic E-state index is 10.1. The van der Waals surface area contributed by atoms with Crippen molar-refractivity contribution in [2.45, 2.75) is 59.1 Å². The zero-order valence-electron chi connectivity index (χ0n) is 19.3. The summed E-state index contributed by atoms with van der Waals surface area (Å²) >= 11 is 2.96. The summed E-state index contributed by atoms with van der Waals surface area (Å²) in [5.74, 6) is 0.849. The van der Waals surface area contributed by atoms with Crippen LogP contribution in [0.1, 0.15) is 50.7 Å². The van der Waals surface area contributed by atoms with Gasteiger partial charge in [0.25, 0.3) is 0 Å². The minimum Gasteiger partial charge on any atom is -0.491 e. The van der Waals surface area contributed by atoms with Crippen molar-refractivity contribution in [2.24, 2.45) is 0 Å². The second kappa shape index (κ2) is 13.5. The number of benzene rings is 1. The number of hydrogen-bond donors (Lipinski definition) is 0. The Morgan fingerprint density at radius 2 is 1.09 bits per heavy atom. The van der Waals surface area contributed by atoms with Crippen LogP contribution in [-0.4, -0.2) is 23.2 Å². The van der Waals surface area contributed by atoms with Gasteiger partial charge in [0.1, 0.15) is 23.3 Å². The summed E-state index contributed by atoms with van der Waals surface area (Å²) in [5.41, 5.74) is 0.418. The third-order valence-electron chi connectivity index (χ3n) is 4.77. The van der Waals surface area contributed by atoms with Crippen molar-refractivity contribution in [1.82, 2.24) is 9.97 Å². The zero-order valence-corrected chi connectivity index (χ0v) is 20.9. The molecule has 0 saturated carbocycles. The third kappa shape index (κ3) is 6.44. The SMILES string of the molecule is CCCCOc1c(C#N)c(C#N)c(OCCCC)c(Sc2ccncc2)c1Sc1ccncc1. The van der Waals surface area contributed by atoms with Crippen LogP contribution < -0.4 is 9.47 Å². The number of unbranched alkanes of at least 4 members (excludes halogenated alkanes) is 2. The van der Waals surface area contributed by atoms with Gasteiger partial charge in [-0.1, -0.05) is 50.2 Å². The molecule has 0 fully saturated rings. The topological polar surface area (TPSA) is 91.8 Å². The lowest BCUT2D eigenvalue weighted by Gasteiger charge is -2.21. The number of hydrogen-bond acceptors (Lipinski definition) is 8. The molecule has 0 saturated heterocycles. The molecule has 8 heteroatoms. The molecule has 174 valence electrons. The number of nitriles is 2. The molecular weight excluding hydrogens is 464 g/mol. The summed E-state index contributed by atoms with van der Waals surface area (Å²) < 4.78 is 12.4. The summed E-state index contributed by atoms with van der Waals surface area (Å²) in [6.45, 7) is 5.07. The molecule has 0 bridgehead atoms. The second-order valence-electron chi connectivity index (χ2n) is 7.26. The van der Waals surface area contributed by atoms with Crippen molar-refractivity contribution in [3.63, 3.8) is 0 Å². The van der Waals surface area contributed by atoms with Crippen LogP contribution in [0.4, 0.5) is 0 Å². The molecule has 0 amide bonds. The van der Waals surface area contributed by atoms with Crippen LogP contribution in [0, 0.1) is 22.7 Å². The quantitative estimate of drug-likeness (QED) is 0.254. The molecule has 0 spiro atoms. The van der Waals surface area contributed by atoms with E-state index in [0.29, 0.717) is 24.7 Å². The minimum absolute atomic E-state index is 0.209. The van der Waals surface area contributed by atoms with E-state index >= 15 is 0 Å². The number of ether oxygens (including phenoxy) is 2. The molecule has 0 unspecified atom stereocenters. The van der Waals surface area contributed by atoms with E-state index in [0.717, 1.165) is 45.3 Å². The molecule has 0 N–H and O–H groups in total. The molecule has 6 nitrogen and oxygen atoms in total. The molecule has 3 aromatic rings. The highest BCUT2D eigenvalue weighted by molar-refractivity contribution is 8.02. The maximum absolute atomic E-state index is 10.1. The molecule has 0 aliphatic carbocycles. The highest BCUT2D eigenvalue weighted by atomic mass is 32.2. The number of pyridine rings is 2. The highest BCUT2D eigenvalue weighted by Gasteiger charge is 2.28. The van der Waals surface area contributed by atoms with Crippen LogP contribution in [0.25, 0.3) is 0 Å². The maximum Gasteiger partial charge on any atom is 0.153 e. The first-order valence-corrected chi connectivity index (χ1v) is 12.8. The second-order valence-corrected chi connectivity index (χ2v) is 9.43. The average molecular weight is 491 g/mol. The van der Waals surface area contributed by atoms with E-state index in [9.17, 15) is 10.5 Å². The van der Waals surface area contributed by atoms with Crippen LogP contribution in [0.5, 0.6) is 11.5 Å². The van der Waals surface area contributed by atoms with E-state index < -0.39 is 0 Å². The molecule has 0 atom stereocenters. The fraction of sp³-hybridized carbons (Fsp3) is 0.308. The Balaban J connectivity index is 2.27. The molecule has 2 aromatic heterocycles. The highest BCUT2D eigenvalue weighted by Crippen LogP contribution is 2.52. The van der Waals surface area contributed by atoms with Crippen molar-refractivity contribution in [2.75, 3.05) is 13.2 Å². The summed E-state index contributed by atoms with van der Waals surface area (Å²) in [7, 11) is 0. The fourth-order valence-electron chi connectivity index (χ4n) is 3.02. The summed E-state index contributed by atoms with van der Waals surface area (Å²) in [6, 6.07) is 12.1. The molecule has 3 rings (SSSR count). The molecule has 2 heterocycles. The monoisotopic (exact) mass is 490 g/mol. The van der Waals surface area contributed by atoms with Crippen molar-refractivity contribution in [1.29, 1.82) is 10.5 Å². The van der Waals surface area contributed by atoms with Gasteiger partial charge in [0.15, 0.2) is 11.5 Å². The van der Waals surface area contributed by atoms with Gasteiger partial charge in [0.2, 0.25) is 0 Å². The van der Waals surface area contributed by atoms with E-state index in [2.05, 4.69) is 36.0 Å². The number of aromatic nitrogens is 2. The van der Waals surface area contributed by atoms with Crippen LogP contribution in [0.3, 0.4) is 0 Å². The Labute approximate surface area is 209 Å². The zero-order chi connectivity index (χ0) is 24.2. The standard InChI is InChI=1S/C26H26N4O2S2/c1-3-5-15-31-23-21(17-27)22(18-28)24(32-16-6-4-2)26(34-20-9-13-30-14-10-20)25(23)33-19-7-11-29-12-8-19/h7-14H,3-6,15-16H2,1-2H3. The smallest absolute Gasteiger partial charge is 0.153 e. The van der Waals surface area contributed by atoms with Crippen LogP contribution in [0.2, 0.25) is 0 Å². The van der Waals surface area contributed by atoms with E-state index in [-0.39, 0.29) is 11.1 Å². The lowest BCUT2D eigenvalue weighted by Crippen LogP contribution is -2.07. The predicted octanol–water partition coefficient (Wildman–Crippen LogP) is 6.88. The average Bonchev–Trinajstić information content (AvgIpc) is 2.87. The summed E-state index contributed by atoms with van der Waals surface area (Å²) in [6.07, 6.45) is 10.5. The molecule has 0 aliphatic heterocycles. The van der Waals surface area contributed by atoms with E-state index in [1.165, 1.54) is 23.5 Å². The molecule has 1 aromatic carbocycles. The van der Waals surface area contributed by atoms with Crippen molar-refractivity contribution in [3.8, 4) is 23.6 Å². The van der Waals surface area contributed by atoms with Gasteiger partial charge < -0.3 is 9.47 Å². The van der Waals surface area contributed by atoms with Crippen LogP contribution >= 0.6 is 23.5 Å². The summed E-state index contributed by atoms with van der Waals surface area (Å²) in [4.78, 5) is 11.6. The first-order valence-electron chi connectivity index (χ1n) is 11.2. The Kier molecular flexibility index (Phi) is 10.1. The van der Waals surface area contributed by atoms with Gasteiger partial charge in [-0.3, -0.25) is 9.97 Å². The van der Waals surface area contributed by atoms with Gasteiger partial charge in [-0.25, -0.2) is 0 Å². The van der Waals surface area contributed by atoms with Gasteiger partial charge in [-0.05, 0) is 37.1 Å². The summed E-state index contributed by atoms with van der Waals surface area (Å²) in [5, 5.41) is 20.2. The van der Waals surface area contributed by atoms with Gasteiger partial charge >= 0.3 is 0 Å². The Morgan fingerprint density at radius 3 is 1.41 bits per heavy atom. The van der Waals surface area contributed by atoms with Crippen LogP contribution in [0.15, 0.2) is 68.6 Å². The largest absolute Gasteiger partial charge is 0.491 e. The Hall–Kier alpha value is -3.20. The van der Waals surface area contributed by atoms with Crippen molar-refractivity contribution in [3.05, 3.63) is 60.2 Å². The van der Waals surface area contributed by atoms with Crippen molar-refractivity contribution >= 4 is 23.5 Å². The first-order chi connectivity index (χ1) is 16.7. The number of rotatable bonds is 12. The predicted molar refractivity (Wildman–Crippen MR) is 133 cm³/mol. The van der Waals surface area contributed by atoms with E-state index in [1.807, 2.05) is 24.3 Å². The van der Waals surface area contributed by atoms with Gasteiger partial charge in [0.05, 0.1) is 23.0 Å². The molecule has 0 aliphatic rings. The Morgan fingerprint density at radius 1 is 0.706 bits per heavy atom. The molecule has 34 heavy (non-hydrogen) atoms. The van der Waals surface area contributed by atoms with Gasteiger partial charge in [-0.2, -0.15) is 10.5 Å². The Bertz CT molecular complexity index is 1070. The minimum atomic E-state index is 0.209. The first kappa shape index (κ1) is 25.4. The van der Waals surface area contributed by atoms with E-state index in [4.69, 9.17) is 9.47 Å². The normalized spacial score (nSPS) is 10.4. The van der Waals surface area contributed by atoms with Gasteiger partial charge in [-0.15, -0.1) is 0 Å². The number of nitrogens with zero attached hydrogens (tertiary/aromatic N) is 4. The lowest BCUT2D eigenvalue weighted by atomic mass is 10.1.